The summed E-state index contributed by atoms with van der Waals surface area (Å²) in [5, 5.41) is 13.6. The van der Waals surface area contributed by atoms with Crippen LogP contribution in [0, 0.1) is 17.1 Å². The Morgan fingerprint density at radius 1 is 1.40 bits per heavy atom. The minimum Gasteiger partial charge on any atom is -0.382 e. The fourth-order valence-electron chi connectivity index (χ4n) is 2.36. The molecule has 1 aliphatic heterocycles. The van der Waals surface area contributed by atoms with Crippen molar-refractivity contribution in [2.75, 3.05) is 12.3 Å². The molecule has 0 radical (unpaired) electrons. The van der Waals surface area contributed by atoms with E-state index in [2.05, 4.69) is 11.2 Å². The number of nitrogens with zero attached hydrogens (tertiary/aromatic N) is 3. The number of anilines is 1. The van der Waals surface area contributed by atoms with E-state index in [4.69, 9.17) is 10.5 Å². The number of hydrogen-bond donors (Lipinski definition) is 1. The van der Waals surface area contributed by atoms with Crippen molar-refractivity contribution in [3.63, 3.8) is 0 Å². The molecule has 2 heterocycles. The molecule has 1 atom stereocenters. The number of nitrogen functional groups attached to an aromatic ring is 1. The molecule has 1 saturated heterocycles. The number of aromatic nitrogens is 2. The molecule has 2 N–H and O–H groups in total. The zero-order valence-corrected chi connectivity index (χ0v) is 10.7. The van der Waals surface area contributed by atoms with Crippen LogP contribution in [0.3, 0.4) is 0 Å². The Bertz CT molecular complexity index is 666. The molecule has 1 aromatic carbocycles. The smallest absolute Gasteiger partial charge is 0.145 e. The summed E-state index contributed by atoms with van der Waals surface area (Å²) < 4.78 is 20.0. The van der Waals surface area contributed by atoms with Gasteiger partial charge in [0.15, 0.2) is 0 Å². The lowest BCUT2D eigenvalue weighted by Crippen LogP contribution is -2.03. The molecule has 1 aromatic heterocycles. The van der Waals surface area contributed by atoms with Crippen molar-refractivity contribution in [3.8, 4) is 11.8 Å². The molecule has 2 aromatic rings. The average molecular weight is 272 g/mol. The van der Waals surface area contributed by atoms with Crippen LogP contribution in [0.2, 0.25) is 0 Å². The summed E-state index contributed by atoms with van der Waals surface area (Å²) >= 11 is 0. The van der Waals surface area contributed by atoms with Gasteiger partial charge in [0.1, 0.15) is 35.1 Å². The Labute approximate surface area is 115 Å². The van der Waals surface area contributed by atoms with Gasteiger partial charge in [-0.05, 0) is 37.1 Å². The third-order valence-corrected chi connectivity index (χ3v) is 3.37. The fourth-order valence-corrected chi connectivity index (χ4v) is 2.36. The minimum atomic E-state index is -0.334. The standard InChI is InChI=1S/C14H13FN4O/c15-9-3-5-10(6-4-9)19-14(17)11(8-16)13(18-19)12-2-1-7-20-12/h3-6,12H,1-2,7,17H2/t12-/m1/s1. The van der Waals surface area contributed by atoms with Crippen LogP contribution in [0.5, 0.6) is 0 Å². The van der Waals surface area contributed by atoms with Gasteiger partial charge in [0.25, 0.3) is 0 Å². The van der Waals surface area contributed by atoms with Gasteiger partial charge >= 0.3 is 0 Å². The second-order valence-corrected chi connectivity index (χ2v) is 4.65. The van der Waals surface area contributed by atoms with Gasteiger partial charge in [0, 0.05) is 6.61 Å². The summed E-state index contributed by atoms with van der Waals surface area (Å²) in [6.07, 6.45) is 1.58. The molecular weight excluding hydrogens is 259 g/mol. The third kappa shape index (κ3) is 2.02. The van der Waals surface area contributed by atoms with Gasteiger partial charge in [0.05, 0.1) is 5.69 Å². The number of ether oxygens (including phenoxy) is 1. The van der Waals surface area contributed by atoms with Gasteiger partial charge < -0.3 is 10.5 Å². The van der Waals surface area contributed by atoms with Gasteiger partial charge in [-0.25, -0.2) is 9.07 Å². The van der Waals surface area contributed by atoms with Crippen molar-refractivity contribution in [1.29, 1.82) is 5.26 Å². The van der Waals surface area contributed by atoms with Crippen LogP contribution in [0.1, 0.15) is 30.2 Å². The highest BCUT2D eigenvalue weighted by Crippen LogP contribution is 2.33. The van der Waals surface area contributed by atoms with Crippen molar-refractivity contribution in [2.24, 2.45) is 0 Å². The lowest BCUT2D eigenvalue weighted by molar-refractivity contribution is 0.108. The van der Waals surface area contributed by atoms with Crippen molar-refractivity contribution < 1.29 is 9.13 Å². The minimum absolute atomic E-state index is 0.186. The number of halogens is 1. The maximum absolute atomic E-state index is 13.0. The van der Waals surface area contributed by atoms with E-state index in [1.54, 1.807) is 12.1 Å². The first-order chi connectivity index (χ1) is 9.70. The van der Waals surface area contributed by atoms with Gasteiger partial charge in [0.2, 0.25) is 0 Å². The van der Waals surface area contributed by atoms with E-state index >= 15 is 0 Å². The Morgan fingerprint density at radius 2 is 2.15 bits per heavy atom. The molecule has 20 heavy (non-hydrogen) atoms. The van der Waals surface area contributed by atoms with E-state index < -0.39 is 0 Å². The normalized spacial score (nSPS) is 18.1. The van der Waals surface area contributed by atoms with E-state index in [0.717, 1.165) is 12.8 Å². The highest BCUT2D eigenvalue weighted by atomic mass is 19.1. The van der Waals surface area contributed by atoms with E-state index in [9.17, 15) is 9.65 Å². The average Bonchev–Trinajstić information content (AvgIpc) is 3.07. The summed E-state index contributed by atoms with van der Waals surface area (Å²) in [7, 11) is 0. The maximum atomic E-state index is 13.0. The summed E-state index contributed by atoms with van der Waals surface area (Å²) in [4.78, 5) is 0. The first-order valence-electron chi connectivity index (χ1n) is 6.36. The lowest BCUT2D eigenvalue weighted by atomic mass is 10.1. The van der Waals surface area contributed by atoms with Crippen LogP contribution in [0.25, 0.3) is 5.69 Å². The first-order valence-corrected chi connectivity index (χ1v) is 6.36. The summed E-state index contributed by atoms with van der Waals surface area (Å²) in [6.45, 7) is 0.666. The molecule has 1 fully saturated rings. The Kier molecular flexibility index (Phi) is 3.12. The predicted octanol–water partition coefficient (Wildman–Crippen LogP) is 2.32. The lowest BCUT2D eigenvalue weighted by Gasteiger charge is -2.05. The number of hydrogen-bond acceptors (Lipinski definition) is 4. The predicted molar refractivity (Wildman–Crippen MR) is 70.6 cm³/mol. The van der Waals surface area contributed by atoms with E-state index in [-0.39, 0.29) is 17.7 Å². The van der Waals surface area contributed by atoms with Gasteiger partial charge in [-0.15, -0.1) is 0 Å². The van der Waals surface area contributed by atoms with Gasteiger partial charge in [-0.1, -0.05) is 0 Å². The number of nitrogens with two attached hydrogens (primary N) is 1. The Balaban J connectivity index is 2.08. The second kappa shape index (κ2) is 4.94. The largest absolute Gasteiger partial charge is 0.382 e. The molecule has 1 aliphatic rings. The number of nitriles is 1. The zero-order valence-electron chi connectivity index (χ0n) is 10.7. The molecule has 0 bridgehead atoms. The monoisotopic (exact) mass is 272 g/mol. The van der Waals surface area contributed by atoms with E-state index in [1.807, 2.05) is 0 Å². The van der Waals surface area contributed by atoms with Crippen molar-refractivity contribution >= 4 is 5.82 Å². The van der Waals surface area contributed by atoms with Crippen LogP contribution in [-0.2, 0) is 4.74 Å². The Hall–Kier alpha value is -2.39. The molecule has 5 nitrogen and oxygen atoms in total. The van der Waals surface area contributed by atoms with Crippen molar-refractivity contribution in [3.05, 3.63) is 41.3 Å². The summed E-state index contributed by atoms with van der Waals surface area (Å²) in [5.74, 6) is -0.0797. The topological polar surface area (TPSA) is 76.9 Å². The van der Waals surface area contributed by atoms with Crippen molar-refractivity contribution in [1.82, 2.24) is 9.78 Å². The van der Waals surface area contributed by atoms with E-state index in [1.165, 1.54) is 16.8 Å². The van der Waals surface area contributed by atoms with Crippen LogP contribution in [-0.4, -0.2) is 16.4 Å². The van der Waals surface area contributed by atoms with Gasteiger partial charge in [-0.3, -0.25) is 0 Å². The second-order valence-electron chi connectivity index (χ2n) is 4.65. The highest BCUT2D eigenvalue weighted by Gasteiger charge is 2.27. The maximum Gasteiger partial charge on any atom is 0.145 e. The molecule has 0 aliphatic carbocycles. The Morgan fingerprint density at radius 3 is 2.75 bits per heavy atom. The molecular formula is C14H13FN4O. The van der Waals surface area contributed by atoms with Gasteiger partial charge in [-0.2, -0.15) is 10.4 Å². The highest BCUT2D eigenvalue weighted by molar-refractivity contribution is 5.56. The third-order valence-electron chi connectivity index (χ3n) is 3.37. The fraction of sp³-hybridized carbons (Fsp3) is 0.286. The quantitative estimate of drug-likeness (QED) is 0.910. The molecule has 3 rings (SSSR count). The van der Waals surface area contributed by atoms with Crippen molar-refractivity contribution in [2.45, 2.75) is 18.9 Å². The van der Waals surface area contributed by atoms with E-state index in [0.29, 0.717) is 23.6 Å². The zero-order chi connectivity index (χ0) is 14.1. The molecule has 6 heteroatoms. The molecule has 102 valence electrons. The molecule has 0 saturated carbocycles. The summed E-state index contributed by atoms with van der Waals surface area (Å²) in [6, 6.07) is 7.87. The van der Waals surface area contributed by atoms with Crippen LogP contribution in [0.4, 0.5) is 10.2 Å². The van der Waals surface area contributed by atoms with Crippen LogP contribution < -0.4 is 5.73 Å². The van der Waals surface area contributed by atoms with Crippen LogP contribution >= 0.6 is 0 Å². The molecule has 0 amide bonds. The number of rotatable bonds is 2. The van der Waals surface area contributed by atoms with Crippen LogP contribution in [0.15, 0.2) is 24.3 Å². The molecule has 0 unspecified atom stereocenters. The SMILES string of the molecule is N#Cc1c([C@H]2CCCO2)nn(-c2ccc(F)cc2)c1N. The summed E-state index contributed by atoms with van der Waals surface area (Å²) in [5.41, 5.74) is 7.49. The number of benzene rings is 1. The molecule has 0 spiro atoms. The first kappa shape index (κ1) is 12.6.